The third-order valence-corrected chi connectivity index (χ3v) is 5.00. The lowest BCUT2D eigenvalue weighted by molar-refractivity contribution is -0.137. The van der Waals surface area contributed by atoms with Gasteiger partial charge in [-0.25, -0.2) is 13.1 Å². The summed E-state index contributed by atoms with van der Waals surface area (Å²) in [6.07, 6.45) is 1.93. The van der Waals surface area contributed by atoms with Crippen molar-refractivity contribution in [1.82, 2.24) is 14.5 Å². The second-order valence-corrected chi connectivity index (χ2v) is 6.89. The molecule has 23 heavy (non-hydrogen) atoms. The maximum Gasteiger partial charge on any atom is 0.303 e. The van der Waals surface area contributed by atoms with Gasteiger partial charge in [-0.15, -0.1) is 0 Å². The van der Waals surface area contributed by atoms with Crippen LogP contribution >= 0.6 is 0 Å². The number of hydrogen-bond donors (Lipinski definition) is 2. The highest BCUT2D eigenvalue weighted by Crippen LogP contribution is 2.13. The fourth-order valence-corrected chi connectivity index (χ4v) is 3.70. The number of nitrogens with zero attached hydrogens (tertiary/aromatic N) is 2. The predicted molar refractivity (Wildman–Crippen MR) is 84.3 cm³/mol. The summed E-state index contributed by atoms with van der Waals surface area (Å²) in [4.78, 5) is 10.8. The van der Waals surface area contributed by atoms with E-state index >= 15 is 0 Å². The molecule has 2 N–H and O–H groups in total. The van der Waals surface area contributed by atoms with Crippen LogP contribution in [0.1, 0.15) is 18.4 Å². The summed E-state index contributed by atoms with van der Waals surface area (Å²) >= 11 is 0. The van der Waals surface area contributed by atoms with Crippen LogP contribution in [0.15, 0.2) is 47.6 Å². The summed E-state index contributed by atoms with van der Waals surface area (Å²) in [5, 5.41) is 12.8. The zero-order valence-corrected chi connectivity index (χ0v) is 13.5. The van der Waals surface area contributed by atoms with Crippen LogP contribution in [0.2, 0.25) is 0 Å². The molecule has 124 valence electrons. The van der Waals surface area contributed by atoms with E-state index in [1.807, 2.05) is 30.3 Å². The second kappa shape index (κ2) is 7.38. The van der Waals surface area contributed by atoms with E-state index in [-0.39, 0.29) is 17.9 Å². The van der Waals surface area contributed by atoms with Gasteiger partial charge in [0.2, 0.25) is 0 Å². The standard InChI is InChI=1S/C15H19N3O4S/c1-18-14(9-10-16-18)23(21,22)17-13(7-8-15(19)20)11-12-5-3-2-4-6-12/h2-6,9-10,13,17H,7-8,11H2,1H3,(H,19,20). The van der Waals surface area contributed by atoms with Crippen molar-refractivity contribution in [2.75, 3.05) is 0 Å². The maximum atomic E-state index is 12.4. The monoisotopic (exact) mass is 337 g/mol. The Hall–Kier alpha value is -2.19. The summed E-state index contributed by atoms with van der Waals surface area (Å²) < 4.78 is 28.7. The smallest absolute Gasteiger partial charge is 0.303 e. The first kappa shape index (κ1) is 17.2. The molecule has 1 heterocycles. The van der Waals surface area contributed by atoms with Gasteiger partial charge in [-0.3, -0.25) is 9.48 Å². The summed E-state index contributed by atoms with van der Waals surface area (Å²) in [6, 6.07) is 10.2. The molecule has 0 saturated heterocycles. The molecule has 0 radical (unpaired) electrons. The van der Waals surface area contributed by atoms with Crippen molar-refractivity contribution in [2.24, 2.45) is 7.05 Å². The first-order chi connectivity index (χ1) is 10.9. The molecular formula is C15H19N3O4S. The third-order valence-electron chi connectivity index (χ3n) is 3.40. The number of hydrogen-bond acceptors (Lipinski definition) is 4. The van der Waals surface area contributed by atoms with E-state index in [1.54, 1.807) is 0 Å². The largest absolute Gasteiger partial charge is 0.481 e. The minimum Gasteiger partial charge on any atom is -0.481 e. The number of aliphatic carboxylic acids is 1. The minimum atomic E-state index is -3.76. The van der Waals surface area contributed by atoms with E-state index in [4.69, 9.17) is 5.11 Å². The SMILES string of the molecule is Cn1nccc1S(=O)(=O)NC(CCC(=O)O)Cc1ccccc1. The number of rotatable bonds is 8. The topological polar surface area (TPSA) is 101 Å². The van der Waals surface area contributed by atoms with E-state index in [2.05, 4.69) is 9.82 Å². The van der Waals surface area contributed by atoms with E-state index in [9.17, 15) is 13.2 Å². The normalized spacial score (nSPS) is 12.9. The Morgan fingerprint density at radius 2 is 2.00 bits per heavy atom. The lowest BCUT2D eigenvalue weighted by Crippen LogP contribution is -2.37. The summed E-state index contributed by atoms with van der Waals surface area (Å²) in [7, 11) is -2.22. The molecule has 0 fully saturated rings. The fraction of sp³-hybridized carbons (Fsp3) is 0.333. The summed E-state index contributed by atoms with van der Waals surface area (Å²) in [5.41, 5.74) is 0.940. The Balaban J connectivity index is 2.16. The van der Waals surface area contributed by atoms with Gasteiger partial charge in [-0.1, -0.05) is 30.3 Å². The predicted octanol–water partition coefficient (Wildman–Crippen LogP) is 1.17. The molecule has 2 rings (SSSR count). The van der Waals surface area contributed by atoms with Crippen molar-refractivity contribution < 1.29 is 18.3 Å². The van der Waals surface area contributed by atoms with Gasteiger partial charge < -0.3 is 5.11 Å². The number of sulfonamides is 1. The Labute approximate surface area is 135 Å². The van der Waals surface area contributed by atoms with Crippen molar-refractivity contribution in [3.05, 3.63) is 48.2 Å². The number of aryl methyl sites for hydroxylation is 1. The van der Waals surface area contributed by atoms with Crippen LogP contribution in [0.4, 0.5) is 0 Å². The molecule has 0 spiro atoms. The average Bonchev–Trinajstić information content (AvgIpc) is 2.92. The minimum absolute atomic E-state index is 0.0471. The summed E-state index contributed by atoms with van der Waals surface area (Å²) in [6.45, 7) is 0. The second-order valence-electron chi connectivity index (χ2n) is 5.23. The van der Waals surface area contributed by atoms with Crippen LogP contribution in [0, 0.1) is 0 Å². The van der Waals surface area contributed by atoms with Gasteiger partial charge in [0, 0.05) is 19.5 Å². The number of benzene rings is 1. The fourth-order valence-electron chi connectivity index (χ4n) is 2.30. The van der Waals surface area contributed by atoms with Gasteiger partial charge in [0.05, 0.1) is 6.20 Å². The Morgan fingerprint density at radius 1 is 1.30 bits per heavy atom. The molecule has 1 aromatic heterocycles. The van der Waals surface area contributed by atoms with Crippen LogP contribution in [-0.4, -0.2) is 35.3 Å². The van der Waals surface area contributed by atoms with E-state index < -0.39 is 22.0 Å². The maximum absolute atomic E-state index is 12.4. The van der Waals surface area contributed by atoms with Gasteiger partial charge in [-0.2, -0.15) is 5.10 Å². The van der Waals surface area contributed by atoms with Gasteiger partial charge in [0.25, 0.3) is 10.0 Å². The Kier molecular flexibility index (Phi) is 5.51. The molecule has 1 unspecified atom stereocenters. The van der Waals surface area contributed by atoms with Crippen molar-refractivity contribution >= 4 is 16.0 Å². The molecule has 1 atom stereocenters. The molecule has 0 saturated carbocycles. The van der Waals surface area contributed by atoms with Crippen molar-refractivity contribution in [3.63, 3.8) is 0 Å². The molecule has 0 bridgehead atoms. The number of nitrogens with one attached hydrogen (secondary N) is 1. The molecule has 0 aliphatic rings. The Morgan fingerprint density at radius 3 is 2.57 bits per heavy atom. The third kappa shape index (κ3) is 4.90. The molecule has 8 heteroatoms. The lowest BCUT2D eigenvalue weighted by atomic mass is 10.0. The highest BCUT2D eigenvalue weighted by Gasteiger charge is 2.23. The van der Waals surface area contributed by atoms with Crippen molar-refractivity contribution in [3.8, 4) is 0 Å². The molecule has 1 aromatic carbocycles. The first-order valence-electron chi connectivity index (χ1n) is 7.14. The average molecular weight is 337 g/mol. The van der Waals surface area contributed by atoms with Crippen LogP contribution < -0.4 is 4.72 Å². The van der Waals surface area contributed by atoms with Gasteiger partial charge in [0.1, 0.15) is 0 Å². The molecule has 2 aromatic rings. The van der Waals surface area contributed by atoms with Crippen LogP contribution in [0.3, 0.4) is 0 Å². The van der Waals surface area contributed by atoms with Gasteiger partial charge in [-0.05, 0) is 24.5 Å². The quantitative estimate of drug-likeness (QED) is 0.753. The summed E-state index contributed by atoms with van der Waals surface area (Å²) in [5.74, 6) is -0.956. The number of carboxylic acids is 1. The van der Waals surface area contributed by atoms with Crippen LogP contribution in [0.5, 0.6) is 0 Å². The van der Waals surface area contributed by atoms with Crippen LogP contribution in [-0.2, 0) is 28.3 Å². The van der Waals surface area contributed by atoms with E-state index in [0.717, 1.165) is 5.56 Å². The zero-order chi connectivity index (χ0) is 16.9. The van der Waals surface area contributed by atoms with Crippen molar-refractivity contribution in [2.45, 2.75) is 30.3 Å². The highest BCUT2D eigenvalue weighted by atomic mass is 32.2. The van der Waals surface area contributed by atoms with Gasteiger partial charge in [0.15, 0.2) is 5.03 Å². The molecule has 0 amide bonds. The molecule has 0 aliphatic carbocycles. The van der Waals surface area contributed by atoms with E-state index in [1.165, 1.54) is 24.0 Å². The Bertz CT molecular complexity index is 756. The van der Waals surface area contributed by atoms with E-state index in [0.29, 0.717) is 6.42 Å². The zero-order valence-electron chi connectivity index (χ0n) is 12.7. The first-order valence-corrected chi connectivity index (χ1v) is 8.63. The lowest BCUT2D eigenvalue weighted by Gasteiger charge is -2.18. The molecular weight excluding hydrogens is 318 g/mol. The van der Waals surface area contributed by atoms with Crippen molar-refractivity contribution in [1.29, 1.82) is 0 Å². The molecule has 0 aliphatic heterocycles. The number of aromatic nitrogens is 2. The number of carbonyl (C=O) groups is 1. The van der Waals surface area contributed by atoms with Gasteiger partial charge >= 0.3 is 5.97 Å². The number of carboxylic acid groups (broad SMARTS) is 1. The highest BCUT2D eigenvalue weighted by molar-refractivity contribution is 7.89. The molecule has 7 nitrogen and oxygen atoms in total. The van der Waals surface area contributed by atoms with Crippen LogP contribution in [0.25, 0.3) is 0 Å².